The number of rotatable bonds is 5. The van der Waals surface area contributed by atoms with Crippen molar-refractivity contribution >= 4 is 11.6 Å². The summed E-state index contributed by atoms with van der Waals surface area (Å²) in [5.41, 5.74) is 2.49. The monoisotopic (exact) mass is 370 g/mol. The van der Waals surface area contributed by atoms with E-state index >= 15 is 0 Å². The van der Waals surface area contributed by atoms with Gasteiger partial charge in [-0.05, 0) is 48.9 Å². The van der Waals surface area contributed by atoms with Crippen LogP contribution in [0.25, 0.3) is 0 Å². The molecule has 26 heavy (non-hydrogen) atoms. The third kappa shape index (κ3) is 3.75. The highest BCUT2D eigenvalue weighted by Crippen LogP contribution is 2.38. The topological polar surface area (TPSA) is 33.3 Å². The second kappa shape index (κ2) is 7.99. The molecule has 2 aliphatic rings. The molecule has 2 bridgehead atoms. The van der Waals surface area contributed by atoms with Gasteiger partial charge in [0.2, 0.25) is 0 Å². The van der Waals surface area contributed by atoms with Crippen LogP contribution >= 0.6 is 11.6 Å². The fraction of sp³-hybridized carbons (Fsp3) is 0.455. The van der Waals surface area contributed by atoms with E-state index in [0.717, 1.165) is 22.9 Å². The zero-order valence-corrected chi connectivity index (χ0v) is 16.0. The van der Waals surface area contributed by atoms with Crippen molar-refractivity contribution in [2.75, 3.05) is 7.11 Å². The first-order chi connectivity index (χ1) is 12.7. The van der Waals surface area contributed by atoms with E-state index in [-0.39, 0.29) is 0 Å². The molecule has 138 valence electrons. The number of hydrogen-bond donors (Lipinski definition) is 2. The van der Waals surface area contributed by atoms with Crippen molar-refractivity contribution in [1.82, 2.24) is 10.6 Å². The number of benzene rings is 2. The van der Waals surface area contributed by atoms with Crippen LogP contribution in [-0.2, 0) is 6.54 Å². The van der Waals surface area contributed by atoms with Gasteiger partial charge in [0.05, 0.1) is 7.11 Å². The van der Waals surface area contributed by atoms with Crippen LogP contribution in [0.1, 0.15) is 42.9 Å². The van der Waals surface area contributed by atoms with E-state index in [1.165, 1.54) is 31.2 Å². The van der Waals surface area contributed by atoms with Crippen LogP contribution < -0.4 is 15.4 Å². The Balaban J connectivity index is 1.56. The second-order valence-electron chi connectivity index (χ2n) is 7.54. The summed E-state index contributed by atoms with van der Waals surface area (Å²) in [7, 11) is 1.72. The summed E-state index contributed by atoms with van der Waals surface area (Å²) in [6.07, 6.45) is 5.21. The molecular formula is C22H27ClN2O. The molecule has 4 rings (SSSR count). The maximum Gasteiger partial charge on any atom is 0.123 e. The van der Waals surface area contributed by atoms with Gasteiger partial charge in [0.1, 0.15) is 5.75 Å². The lowest BCUT2D eigenvalue weighted by Gasteiger charge is -2.47. The standard InChI is InChI=1S/C22H27ClN2O/c1-26-20-11-10-18(23)12-17(20)14-24-21-16-8-5-9-19(13-16)25-22(21)15-6-3-2-4-7-15/h2-4,6-7,10-12,16,19,21-22,24-25H,5,8-9,13-14H2,1H3. The van der Waals surface area contributed by atoms with E-state index in [9.17, 15) is 0 Å². The summed E-state index contributed by atoms with van der Waals surface area (Å²) in [6, 6.07) is 18.1. The van der Waals surface area contributed by atoms with Gasteiger partial charge >= 0.3 is 0 Å². The molecule has 4 heteroatoms. The van der Waals surface area contributed by atoms with E-state index < -0.39 is 0 Å². The van der Waals surface area contributed by atoms with E-state index in [1.807, 2.05) is 18.2 Å². The van der Waals surface area contributed by atoms with Crippen LogP contribution in [-0.4, -0.2) is 19.2 Å². The molecule has 4 atom stereocenters. The number of methoxy groups -OCH3 is 1. The summed E-state index contributed by atoms with van der Waals surface area (Å²) in [4.78, 5) is 0. The Hall–Kier alpha value is -1.55. The molecule has 0 radical (unpaired) electrons. The molecule has 0 aromatic heterocycles. The molecule has 3 nitrogen and oxygen atoms in total. The molecule has 1 saturated carbocycles. The van der Waals surface area contributed by atoms with Gasteiger partial charge < -0.3 is 15.4 Å². The molecule has 1 aliphatic carbocycles. The quantitative estimate of drug-likeness (QED) is 0.799. The van der Waals surface area contributed by atoms with Gasteiger partial charge in [-0.15, -0.1) is 0 Å². The maximum atomic E-state index is 6.21. The Kier molecular flexibility index (Phi) is 5.49. The Morgan fingerprint density at radius 1 is 1.15 bits per heavy atom. The van der Waals surface area contributed by atoms with E-state index in [2.05, 4.69) is 41.0 Å². The lowest BCUT2D eigenvalue weighted by molar-refractivity contribution is 0.127. The molecule has 2 aromatic carbocycles. The lowest BCUT2D eigenvalue weighted by Crippen LogP contribution is -2.56. The van der Waals surface area contributed by atoms with Crippen LogP contribution in [0.3, 0.4) is 0 Å². The molecule has 2 N–H and O–H groups in total. The molecule has 1 heterocycles. The summed E-state index contributed by atoms with van der Waals surface area (Å²) in [5.74, 6) is 1.61. The molecule has 0 amide bonds. The molecule has 1 saturated heterocycles. The number of nitrogens with one attached hydrogen (secondary N) is 2. The van der Waals surface area contributed by atoms with Crippen molar-refractivity contribution in [3.8, 4) is 5.75 Å². The van der Waals surface area contributed by atoms with Gasteiger partial charge in [0, 0.05) is 35.3 Å². The van der Waals surface area contributed by atoms with Crippen molar-refractivity contribution in [3.05, 3.63) is 64.7 Å². The van der Waals surface area contributed by atoms with Crippen molar-refractivity contribution in [1.29, 1.82) is 0 Å². The zero-order chi connectivity index (χ0) is 17.9. The van der Waals surface area contributed by atoms with Crippen LogP contribution in [0, 0.1) is 5.92 Å². The first kappa shape index (κ1) is 17.8. The van der Waals surface area contributed by atoms with Gasteiger partial charge in [0.25, 0.3) is 0 Å². The Morgan fingerprint density at radius 2 is 2.00 bits per heavy atom. The van der Waals surface area contributed by atoms with E-state index in [1.54, 1.807) is 7.11 Å². The molecule has 4 unspecified atom stereocenters. The minimum Gasteiger partial charge on any atom is -0.496 e. The summed E-state index contributed by atoms with van der Waals surface area (Å²) in [6.45, 7) is 0.764. The van der Waals surface area contributed by atoms with Gasteiger partial charge in [-0.25, -0.2) is 0 Å². The number of hydrogen-bond acceptors (Lipinski definition) is 3. The maximum absolute atomic E-state index is 6.21. The Labute approximate surface area is 161 Å². The minimum atomic E-state index is 0.352. The molecule has 2 aromatic rings. The van der Waals surface area contributed by atoms with Crippen molar-refractivity contribution < 1.29 is 4.74 Å². The molecule has 0 spiro atoms. The number of fused-ring (bicyclic) bond motifs is 2. The highest BCUT2D eigenvalue weighted by molar-refractivity contribution is 6.30. The van der Waals surface area contributed by atoms with E-state index in [4.69, 9.17) is 16.3 Å². The normalized spacial score (nSPS) is 27.9. The summed E-state index contributed by atoms with van der Waals surface area (Å²) < 4.78 is 5.52. The smallest absolute Gasteiger partial charge is 0.123 e. The van der Waals surface area contributed by atoms with Crippen molar-refractivity contribution in [2.45, 2.75) is 50.4 Å². The highest BCUT2D eigenvalue weighted by atomic mass is 35.5. The van der Waals surface area contributed by atoms with Crippen molar-refractivity contribution in [2.24, 2.45) is 5.92 Å². The summed E-state index contributed by atoms with van der Waals surface area (Å²) in [5, 5.41) is 8.50. The van der Waals surface area contributed by atoms with Gasteiger partial charge in [-0.1, -0.05) is 48.4 Å². The number of halogens is 1. The molecular weight excluding hydrogens is 344 g/mol. The molecule has 2 fully saturated rings. The predicted molar refractivity (Wildman–Crippen MR) is 107 cm³/mol. The number of ether oxygens (including phenoxy) is 1. The SMILES string of the molecule is COc1ccc(Cl)cc1CNC1C2CCCC(C2)NC1c1ccccc1. The van der Waals surface area contributed by atoms with Crippen LogP contribution in [0.4, 0.5) is 0 Å². The van der Waals surface area contributed by atoms with Crippen LogP contribution in [0.5, 0.6) is 5.75 Å². The highest BCUT2D eigenvalue weighted by Gasteiger charge is 2.39. The third-order valence-electron chi connectivity index (χ3n) is 5.93. The number of piperidine rings is 1. The fourth-order valence-corrected chi connectivity index (χ4v) is 4.89. The average Bonchev–Trinajstić information content (AvgIpc) is 2.68. The fourth-order valence-electron chi connectivity index (χ4n) is 4.70. The average molecular weight is 371 g/mol. The first-order valence-electron chi connectivity index (χ1n) is 9.61. The van der Waals surface area contributed by atoms with Gasteiger partial charge in [0.15, 0.2) is 0 Å². The Morgan fingerprint density at radius 3 is 2.81 bits per heavy atom. The predicted octanol–water partition coefficient (Wildman–Crippen LogP) is 4.71. The molecule has 1 aliphatic heterocycles. The zero-order valence-electron chi connectivity index (χ0n) is 15.2. The lowest BCUT2D eigenvalue weighted by atomic mass is 9.73. The largest absolute Gasteiger partial charge is 0.496 e. The Bertz CT molecular complexity index is 736. The van der Waals surface area contributed by atoms with Crippen LogP contribution in [0.15, 0.2) is 48.5 Å². The second-order valence-corrected chi connectivity index (χ2v) is 7.98. The third-order valence-corrected chi connectivity index (χ3v) is 6.16. The summed E-state index contributed by atoms with van der Waals surface area (Å²) >= 11 is 6.21. The minimum absolute atomic E-state index is 0.352. The van der Waals surface area contributed by atoms with Crippen LogP contribution in [0.2, 0.25) is 5.02 Å². The van der Waals surface area contributed by atoms with Gasteiger partial charge in [-0.3, -0.25) is 0 Å². The van der Waals surface area contributed by atoms with E-state index in [0.29, 0.717) is 24.0 Å². The van der Waals surface area contributed by atoms with Gasteiger partial charge in [-0.2, -0.15) is 0 Å². The first-order valence-corrected chi connectivity index (χ1v) is 9.99. The van der Waals surface area contributed by atoms with Crippen molar-refractivity contribution in [3.63, 3.8) is 0 Å².